The number of anilines is 1. The fourth-order valence-electron chi connectivity index (χ4n) is 1.76. The molecule has 0 spiro atoms. The molecule has 5 nitrogen and oxygen atoms in total. The molecule has 20 heavy (non-hydrogen) atoms. The first-order chi connectivity index (χ1) is 9.48. The summed E-state index contributed by atoms with van der Waals surface area (Å²) in [4.78, 5) is 16.3. The molecule has 0 saturated heterocycles. The molecule has 0 saturated carbocycles. The van der Waals surface area contributed by atoms with E-state index >= 15 is 0 Å². The van der Waals surface area contributed by atoms with Gasteiger partial charge in [0.2, 0.25) is 0 Å². The number of aromatic nitrogens is 1. The molecule has 112 valence electrons. The van der Waals surface area contributed by atoms with E-state index in [0.717, 1.165) is 18.8 Å². The average molecular weight is 279 g/mol. The van der Waals surface area contributed by atoms with E-state index in [1.165, 1.54) is 0 Å². The third kappa shape index (κ3) is 5.57. The predicted molar refractivity (Wildman–Crippen MR) is 81.1 cm³/mol. The Morgan fingerprint density at radius 2 is 2.15 bits per heavy atom. The van der Waals surface area contributed by atoms with Crippen molar-refractivity contribution in [1.29, 1.82) is 0 Å². The van der Waals surface area contributed by atoms with E-state index in [2.05, 4.69) is 22.5 Å². The molecule has 1 rings (SSSR count). The number of nitrogens with zero attached hydrogens (tertiary/aromatic N) is 1. The van der Waals surface area contributed by atoms with Crippen molar-refractivity contribution in [3.63, 3.8) is 0 Å². The van der Waals surface area contributed by atoms with Crippen molar-refractivity contribution in [2.45, 2.75) is 39.7 Å². The Morgan fingerprint density at radius 1 is 1.40 bits per heavy atom. The number of rotatable bonds is 8. The molecule has 1 aromatic heterocycles. The van der Waals surface area contributed by atoms with Gasteiger partial charge in [-0.1, -0.05) is 6.92 Å². The fourth-order valence-corrected chi connectivity index (χ4v) is 1.76. The van der Waals surface area contributed by atoms with Gasteiger partial charge in [0.05, 0.1) is 5.60 Å². The molecule has 0 aliphatic carbocycles. The van der Waals surface area contributed by atoms with Crippen LogP contribution >= 0.6 is 0 Å². The van der Waals surface area contributed by atoms with E-state index in [9.17, 15) is 4.79 Å². The number of hydrogen-bond acceptors (Lipinski definition) is 4. The van der Waals surface area contributed by atoms with Crippen molar-refractivity contribution in [2.24, 2.45) is 0 Å². The lowest BCUT2D eigenvalue weighted by Crippen LogP contribution is -2.40. The summed E-state index contributed by atoms with van der Waals surface area (Å²) in [5.41, 5.74) is 0.242. The zero-order valence-corrected chi connectivity index (χ0v) is 12.8. The third-order valence-electron chi connectivity index (χ3n) is 2.79. The van der Waals surface area contributed by atoms with Crippen LogP contribution in [0.5, 0.6) is 0 Å². The van der Waals surface area contributed by atoms with Gasteiger partial charge in [0, 0.05) is 31.5 Å². The van der Waals surface area contributed by atoms with Gasteiger partial charge >= 0.3 is 0 Å². The maximum absolute atomic E-state index is 12.1. The second-order valence-corrected chi connectivity index (χ2v) is 5.23. The highest BCUT2D eigenvalue weighted by Crippen LogP contribution is 2.09. The first kappa shape index (κ1) is 16.4. The maximum Gasteiger partial charge on any atom is 0.251 e. The van der Waals surface area contributed by atoms with Crippen LogP contribution in [0.2, 0.25) is 0 Å². The van der Waals surface area contributed by atoms with Crippen LogP contribution in [0.1, 0.15) is 44.5 Å². The van der Waals surface area contributed by atoms with Crippen molar-refractivity contribution in [3.8, 4) is 0 Å². The van der Waals surface area contributed by atoms with Gasteiger partial charge in [0.1, 0.15) is 5.82 Å². The maximum atomic E-state index is 12.1. The summed E-state index contributed by atoms with van der Waals surface area (Å²) in [6, 6.07) is 3.47. The third-order valence-corrected chi connectivity index (χ3v) is 2.79. The molecule has 1 heterocycles. The van der Waals surface area contributed by atoms with Crippen molar-refractivity contribution >= 4 is 11.7 Å². The lowest BCUT2D eigenvalue weighted by molar-refractivity contribution is -0.00815. The predicted octanol–water partition coefficient (Wildman–Crippen LogP) is 2.45. The van der Waals surface area contributed by atoms with Crippen LogP contribution in [-0.4, -0.2) is 36.2 Å². The van der Waals surface area contributed by atoms with E-state index < -0.39 is 0 Å². The average Bonchev–Trinajstić information content (AvgIpc) is 2.43. The largest absolute Gasteiger partial charge is 0.374 e. The molecule has 0 bridgehead atoms. The molecule has 0 fully saturated rings. The van der Waals surface area contributed by atoms with Gasteiger partial charge in [-0.2, -0.15) is 0 Å². The quantitative estimate of drug-likeness (QED) is 0.767. The number of hydrogen-bond donors (Lipinski definition) is 2. The van der Waals surface area contributed by atoms with E-state index in [1.807, 2.05) is 20.8 Å². The molecular weight excluding hydrogens is 254 g/mol. The smallest absolute Gasteiger partial charge is 0.251 e. The van der Waals surface area contributed by atoms with E-state index in [0.29, 0.717) is 18.7 Å². The monoisotopic (exact) mass is 279 g/mol. The molecule has 0 unspecified atom stereocenters. The van der Waals surface area contributed by atoms with Gasteiger partial charge in [0.15, 0.2) is 0 Å². The van der Waals surface area contributed by atoms with Crippen molar-refractivity contribution in [3.05, 3.63) is 23.9 Å². The highest BCUT2D eigenvalue weighted by atomic mass is 16.5. The van der Waals surface area contributed by atoms with Crippen LogP contribution in [0.4, 0.5) is 5.82 Å². The van der Waals surface area contributed by atoms with Gasteiger partial charge in [-0.05, 0) is 39.3 Å². The highest BCUT2D eigenvalue weighted by Gasteiger charge is 2.19. The van der Waals surface area contributed by atoms with Crippen LogP contribution in [0, 0.1) is 0 Å². The number of carbonyl (C=O) groups is 1. The zero-order chi connectivity index (χ0) is 15.0. The summed E-state index contributed by atoms with van der Waals surface area (Å²) in [5, 5.41) is 6.05. The number of ether oxygens (including phenoxy) is 1. The summed E-state index contributed by atoms with van der Waals surface area (Å²) in [6.07, 6.45) is 2.65. The Hall–Kier alpha value is -1.62. The molecular formula is C15H25N3O2. The molecule has 2 N–H and O–H groups in total. The minimum absolute atomic E-state index is 0.111. The molecule has 0 aromatic carbocycles. The molecule has 0 aliphatic heterocycles. The number of nitrogens with one attached hydrogen (secondary N) is 2. The van der Waals surface area contributed by atoms with Crippen LogP contribution in [0.25, 0.3) is 0 Å². The zero-order valence-electron chi connectivity index (χ0n) is 12.8. The Morgan fingerprint density at radius 3 is 2.80 bits per heavy atom. The SMILES string of the molecule is CCCNc1cc(C(=O)NCC(C)(C)OCC)ccn1. The van der Waals surface area contributed by atoms with Crippen molar-refractivity contribution in [2.75, 3.05) is 25.0 Å². The summed E-state index contributed by atoms with van der Waals surface area (Å²) >= 11 is 0. The molecule has 0 atom stereocenters. The molecule has 1 aromatic rings. The minimum Gasteiger partial charge on any atom is -0.374 e. The van der Waals surface area contributed by atoms with Gasteiger partial charge in [-0.25, -0.2) is 4.98 Å². The number of carbonyl (C=O) groups excluding carboxylic acids is 1. The minimum atomic E-state index is -0.360. The summed E-state index contributed by atoms with van der Waals surface area (Å²) < 4.78 is 5.55. The molecule has 0 radical (unpaired) electrons. The topological polar surface area (TPSA) is 63.2 Å². The van der Waals surface area contributed by atoms with E-state index in [1.54, 1.807) is 18.3 Å². The first-order valence-corrected chi connectivity index (χ1v) is 7.10. The lowest BCUT2D eigenvalue weighted by atomic mass is 10.1. The molecule has 1 amide bonds. The fraction of sp³-hybridized carbons (Fsp3) is 0.600. The Balaban J connectivity index is 2.59. The second-order valence-electron chi connectivity index (χ2n) is 5.23. The summed E-state index contributed by atoms with van der Waals surface area (Å²) in [7, 11) is 0. The van der Waals surface area contributed by atoms with Crippen LogP contribution in [-0.2, 0) is 4.74 Å². The van der Waals surface area contributed by atoms with Gasteiger partial charge in [-0.3, -0.25) is 4.79 Å². The Labute approximate surface area is 121 Å². The number of pyridine rings is 1. The summed E-state index contributed by atoms with van der Waals surface area (Å²) in [6.45, 7) is 9.88. The molecule has 0 aliphatic rings. The van der Waals surface area contributed by atoms with Crippen molar-refractivity contribution < 1.29 is 9.53 Å². The first-order valence-electron chi connectivity index (χ1n) is 7.10. The van der Waals surface area contributed by atoms with E-state index in [-0.39, 0.29) is 11.5 Å². The number of amides is 1. The lowest BCUT2D eigenvalue weighted by Gasteiger charge is -2.24. The summed E-state index contributed by atoms with van der Waals surface area (Å²) in [5.74, 6) is 0.614. The standard InChI is InChI=1S/C15H25N3O2/c1-5-8-16-13-10-12(7-9-17-13)14(19)18-11-15(3,4)20-6-2/h7,9-10H,5-6,8,11H2,1-4H3,(H,16,17)(H,18,19). The highest BCUT2D eigenvalue weighted by molar-refractivity contribution is 5.94. The van der Waals surface area contributed by atoms with Gasteiger partial charge in [-0.15, -0.1) is 0 Å². The van der Waals surface area contributed by atoms with Crippen molar-refractivity contribution in [1.82, 2.24) is 10.3 Å². The normalized spacial score (nSPS) is 11.2. The van der Waals surface area contributed by atoms with Gasteiger partial charge < -0.3 is 15.4 Å². The van der Waals surface area contributed by atoms with Gasteiger partial charge in [0.25, 0.3) is 5.91 Å². The van der Waals surface area contributed by atoms with Crippen LogP contribution < -0.4 is 10.6 Å². The second kappa shape index (κ2) is 7.85. The molecule has 5 heteroatoms. The van der Waals surface area contributed by atoms with E-state index in [4.69, 9.17) is 4.74 Å². The van der Waals surface area contributed by atoms with Crippen LogP contribution in [0.15, 0.2) is 18.3 Å². The Kier molecular flexibility index (Phi) is 6.45. The van der Waals surface area contributed by atoms with Crippen LogP contribution in [0.3, 0.4) is 0 Å². The Bertz CT molecular complexity index is 433.